The average Bonchev–Trinajstić information content (AvgIpc) is 2.27. The molecule has 1 aromatic carbocycles. The summed E-state index contributed by atoms with van der Waals surface area (Å²) in [5, 5.41) is 1.10. The molecule has 0 atom stereocenters. The molecule has 2 aromatic rings. The van der Waals surface area contributed by atoms with Gasteiger partial charge in [-0.15, -0.1) is 0 Å². The van der Waals surface area contributed by atoms with Gasteiger partial charge >= 0.3 is 0 Å². The lowest BCUT2D eigenvalue weighted by atomic mass is 10.2. The first-order chi connectivity index (χ1) is 5.25. The predicted molar refractivity (Wildman–Crippen MR) is 53.3 cm³/mol. The van der Waals surface area contributed by atoms with Crippen LogP contribution in [0.2, 0.25) is 0 Å². The number of hydrogen-bond donors (Lipinski definition) is 1. The van der Waals surface area contributed by atoms with E-state index < -0.39 is 0 Å². The molecule has 0 aliphatic carbocycles. The Morgan fingerprint density at radius 3 is 2.91 bits per heavy atom. The Balaban J connectivity index is 2.82. The number of nitrogen functional groups attached to an aromatic ring is 1. The van der Waals surface area contributed by atoms with E-state index in [-0.39, 0.29) is 0 Å². The van der Waals surface area contributed by atoms with Crippen molar-refractivity contribution in [3.8, 4) is 0 Å². The highest BCUT2D eigenvalue weighted by atomic mass is 127. The molecule has 0 bridgehead atoms. The quantitative estimate of drug-likeness (QED) is 0.583. The molecule has 11 heavy (non-hydrogen) atoms. The zero-order valence-electron chi connectivity index (χ0n) is 5.67. The second kappa shape index (κ2) is 2.41. The largest absolute Gasteiger partial charge is 0.450 e. The van der Waals surface area contributed by atoms with Crippen LogP contribution in [0.25, 0.3) is 11.0 Å². The van der Waals surface area contributed by atoms with Gasteiger partial charge in [0.2, 0.25) is 0 Å². The van der Waals surface area contributed by atoms with Crippen molar-refractivity contribution >= 4 is 39.2 Å². The van der Waals surface area contributed by atoms with E-state index in [1.54, 1.807) is 0 Å². The number of hydrogen-bond acceptors (Lipinski definition) is 2. The van der Waals surface area contributed by atoms with Crippen molar-refractivity contribution in [1.82, 2.24) is 0 Å². The lowest BCUT2D eigenvalue weighted by Gasteiger charge is -1.89. The number of nitrogens with two attached hydrogens (primary N) is 1. The molecule has 0 aliphatic rings. The van der Waals surface area contributed by atoms with Gasteiger partial charge in [-0.05, 0) is 40.8 Å². The minimum atomic E-state index is 0.739. The van der Waals surface area contributed by atoms with Crippen LogP contribution in [0.1, 0.15) is 0 Å². The van der Waals surface area contributed by atoms with E-state index in [0.29, 0.717) is 0 Å². The maximum Gasteiger partial charge on any atom is 0.165 e. The molecular formula is C8H6INO. The Morgan fingerprint density at radius 1 is 1.27 bits per heavy atom. The summed E-state index contributed by atoms with van der Waals surface area (Å²) in [7, 11) is 0. The van der Waals surface area contributed by atoms with E-state index in [1.807, 2.05) is 24.3 Å². The van der Waals surface area contributed by atoms with Gasteiger partial charge < -0.3 is 10.2 Å². The van der Waals surface area contributed by atoms with Gasteiger partial charge in [-0.1, -0.05) is 0 Å². The van der Waals surface area contributed by atoms with Gasteiger partial charge in [0.25, 0.3) is 0 Å². The summed E-state index contributed by atoms with van der Waals surface area (Å²) in [4.78, 5) is 0. The fourth-order valence-electron chi connectivity index (χ4n) is 1.02. The van der Waals surface area contributed by atoms with Crippen LogP contribution in [0.4, 0.5) is 5.69 Å². The fraction of sp³-hybridized carbons (Fsp3) is 0. The van der Waals surface area contributed by atoms with Crippen LogP contribution < -0.4 is 5.73 Å². The molecule has 0 unspecified atom stereocenters. The van der Waals surface area contributed by atoms with Crippen LogP contribution in [-0.2, 0) is 0 Å². The van der Waals surface area contributed by atoms with Gasteiger partial charge in [0.15, 0.2) is 3.77 Å². The van der Waals surface area contributed by atoms with Crippen LogP contribution in [0.5, 0.6) is 0 Å². The van der Waals surface area contributed by atoms with Crippen LogP contribution in [0.15, 0.2) is 28.7 Å². The van der Waals surface area contributed by atoms with Crippen LogP contribution in [0, 0.1) is 3.77 Å². The first-order valence-corrected chi connectivity index (χ1v) is 4.28. The van der Waals surface area contributed by atoms with Gasteiger partial charge in [-0.2, -0.15) is 0 Å². The number of fused-ring (bicyclic) bond motifs is 1. The fourth-order valence-corrected chi connectivity index (χ4v) is 1.59. The van der Waals surface area contributed by atoms with Gasteiger partial charge in [0.1, 0.15) is 5.58 Å². The van der Waals surface area contributed by atoms with Crippen LogP contribution in [0.3, 0.4) is 0 Å². The highest BCUT2D eigenvalue weighted by Gasteiger charge is 1.99. The molecule has 1 aromatic heterocycles. The molecule has 0 fully saturated rings. The van der Waals surface area contributed by atoms with E-state index in [1.165, 1.54) is 0 Å². The molecule has 0 saturated heterocycles. The third kappa shape index (κ3) is 1.20. The molecule has 0 amide bonds. The third-order valence-electron chi connectivity index (χ3n) is 1.51. The summed E-state index contributed by atoms with van der Waals surface area (Å²) in [6, 6.07) is 7.64. The number of halogens is 1. The summed E-state index contributed by atoms with van der Waals surface area (Å²) < 4.78 is 6.25. The summed E-state index contributed by atoms with van der Waals surface area (Å²) >= 11 is 2.14. The van der Waals surface area contributed by atoms with Gasteiger partial charge in [-0.25, -0.2) is 0 Å². The third-order valence-corrected chi connectivity index (χ3v) is 2.05. The lowest BCUT2D eigenvalue weighted by molar-refractivity contribution is 0.584. The lowest BCUT2D eigenvalue weighted by Crippen LogP contribution is -1.80. The summed E-state index contributed by atoms with van der Waals surface area (Å²) in [5.74, 6) is 0. The monoisotopic (exact) mass is 259 g/mol. The summed E-state index contributed by atoms with van der Waals surface area (Å²) in [6.07, 6.45) is 0. The summed E-state index contributed by atoms with van der Waals surface area (Å²) in [5.41, 5.74) is 7.17. The minimum absolute atomic E-state index is 0.739. The highest BCUT2D eigenvalue weighted by molar-refractivity contribution is 14.1. The SMILES string of the molecule is Nc1ccc2cc(I)oc2c1. The van der Waals surface area contributed by atoms with E-state index in [9.17, 15) is 0 Å². The maximum atomic E-state index is 5.57. The van der Waals surface area contributed by atoms with E-state index in [2.05, 4.69) is 22.6 Å². The van der Waals surface area contributed by atoms with E-state index in [4.69, 9.17) is 10.2 Å². The van der Waals surface area contributed by atoms with E-state index in [0.717, 1.165) is 20.4 Å². The summed E-state index contributed by atoms with van der Waals surface area (Å²) in [6.45, 7) is 0. The van der Waals surface area contributed by atoms with E-state index >= 15 is 0 Å². The van der Waals surface area contributed by atoms with Gasteiger partial charge in [0, 0.05) is 17.1 Å². The molecular weight excluding hydrogens is 253 g/mol. The molecule has 56 valence electrons. The molecule has 0 radical (unpaired) electrons. The zero-order chi connectivity index (χ0) is 7.84. The Kier molecular flexibility index (Phi) is 1.52. The van der Waals surface area contributed by atoms with Crippen molar-refractivity contribution in [1.29, 1.82) is 0 Å². The Hall–Kier alpha value is -0.710. The van der Waals surface area contributed by atoms with Crippen LogP contribution >= 0.6 is 22.6 Å². The van der Waals surface area contributed by atoms with Crippen molar-refractivity contribution in [2.75, 3.05) is 5.73 Å². The molecule has 0 spiro atoms. The second-order valence-corrected chi connectivity index (χ2v) is 3.41. The Morgan fingerprint density at radius 2 is 2.09 bits per heavy atom. The van der Waals surface area contributed by atoms with Crippen molar-refractivity contribution in [2.45, 2.75) is 0 Å². The predicted octanol–water partition coefficient (Wildman–Crippen LogP) is 2.62. The second-order valence-electron chi connectivity index (χ2n) is 2.35. The smallest absolute Gasteiger partial charge is 0.165 e. The first kappa shape index (κ1) is 6.97. The first-order valence-electron chi connectivity index (χ1n) is 3.20. The standard InChI is InChI=1S/C8H6INO/c9-8-3-5-1-2-6(10)4-7(5)11-8/h1-4H,10H2. The van der Waals surface area contributed by atoms with Crippen molar-refractivity contribution in [3.63, 3.8) is 0 Å². The Labute approximate surface area is 77.5 Å². The Bertz CT molecular complexity index is 394. The topological polar surface area (TPSA) is 39.2 Å². The molecule has 2 rings (SSSR count). The molecule has 3 heteroatoms. The van der Waals surface area contributed by atoms with Gasteiger partial charge in [0.05, 0.1) is 0 Å². The zero-order valence-corrected chi connectivity index (χ0v) is 7.83. The normalized spacial score (nSPS) is 10.6. The molecule has 1 heterocycles. The van der Waals surface area contributed by atoms with Crippen molar-refractivity contribution in [3.05, 3.63) is 28.0 Å². The number of furan rings is 1. The van der Waals surface area contributed by atoms with Crippen molar-refractivity contribution < 1.29 is 4.42 Å². The molecule has 0 aliphatic heterocycles. The molecule has 2 N–H and O–H groups in total. The number of rotatable bonds is 0. The highest BCUT2D eigenvalue weighted by Crippen LogP contribution is 2.22. The minimum Gasteiger partial charge on any atom is -0.450 e. The van der Waals surface area contributed by atoms with Gasteiger partial charge in [-0.3, -0.25) is 0 Å². The molecule has 0 saturated carbocycles. The number of benzene rings is 1. The van der Waals surface area contributed by atoms with Crippen molar-refractivity contribution in [2.24, 2.45) is 0 Å². The van der Waals surface area contributed by atoms with Crippen LogP contribution in [-0.4, -0.2) is 0 Å². The maximum absolute atomic E-state index is 5.57. The number of anilines is 1. The molecule has 2 nitrogen and oxygen atoms in total. The average molecular weight is 259 g/mol.